The van der Waals surface area contributed by atoms with E-state index in [0.717, 1.165) is 4.90 Å². The Morgan fingerprint density at radius 1 is 1.57 bits per heavy atom. The first-order chi connectivity index (χ1) is 6.31. The highest BCUT2D eigenvalue weighted by molar-refractivity contribution is 7.80. The molecule has 0 saturated carbocycles. The molecule has 0 aromatic carbocycles. The molecule has 0 unspecified atom stereocenters. The molecule has 82 valence electrons. The number of thiocarbonyl (C=S) groups is 1. The van der Waals surface area contributed by atoms with Crippen molar-refractivity contribution in [3.8, 4) is 0 Å². The van der Waals surface area contributed by atoms with Crippen molar-refractivity contribution in [1.82, 2.24) is 10.4 Å². The first-order valence-corrected chi connectivity index (χ1v) is 4.63. The molecule has 0 rings (SSSR count). The summed E-state index contributed by atoms with van der Waals surface area (Å²) >= 11 is 4.58. The van der Waals surface area contributed by atoms with E-state index in [1.807, 2.05) is 0 Å². The zero-order valence-electron chi connectivity index (χ0n) is 8.76. The van der Waals surface area contributed by atoms with Gasteiger partial charge in [-0.3, -0.25) is 4.90 Å². The van der Waals surface area contributed by atoms with Crippen molar-refractivity contribution in [3.63, 3.8) is 0 Å². The van der Waals surface area contributed by atoms with Crippen LogP contribution >= 0.6 is 12.2 Å². The Morgan fingerprint density at radius 3 is 2.36 bits per heavy atom. The van der Waals surface area contributed by atoms with E-state index in [0.29, 0.717) is 0 Å². The molecule has 0 spiro atoms. The minimum atomic E-state index is -0.657. The number of amides is 1. The molecule has 14 heavy (non-hydrogen) atoms. The number of hydrogen-bond donors (Lipinski definition) is 1. The van der Waals surface area contributed by atoms with Crippen LogP contribution in [0.1, 0.15) is 27.7 Å². The van der Waals surface area contributed by atoms with E-state index in [9.17, 15) is 9.28 Å². The van der Waals surface area contributed by atoms with Gasteiger partial charge in [-0.2, -0.15) is 5.54 Å². The van der Waals surface area contributed by atoms with Crippen LogP contribution in [-0.4, -0.2) is 28.3 Å². The van der Waals surface area contributed by atoms with Gasteiger partial charge in [-0.1, -0.05) is 0 Å². The van der Waals surface area contributed by atoms with Gasteiger partial charge in [0.1, 0.15) is 5.60 Å². The van der Waals surface area contributed by atoms with Crippen LogP contribution in [0.3, 0.4) is 0 Å². The molecule has 0 saturated heterocycles. The largest absolute Gasteiger partial charge is 0.443 e. The summed E-state index contributed by atoms with van der Waals surface area (Å²) < 4.78 is 17.0. The van der Waals surface area contributed by atoms with Crippen molar-refractivity contribution in [2.45, 2.75) is 33.3 Å². The van der Waals surface area contributed by atoms with Gasteiger partial charge in [-0.05, 0) is 39.9 Å². The fraction of sp³-hybridized carbons (Fsp3) is 0.750. The second-order valence-electron chi connectivity index (χ2n) is 3.62. The zero-order chi connectivity index (χ0) is 11.4. The molecule has 1 amide bonds. The third-order valence-electron chi connectivity index (χ3n) is 1.26. The molecular weight excluding hydrogens is 207 g/mol. The van der Waals surface area contributed by atoms with Crippen LogP contribution < -0.4 is 5.54 Å². The predicted molar refractivity (Wildman–Crippen MR) is 55.5 cm³/mol. The summed E-state index contributed by atoms with van der Waals surface area (Å²) in [7, 11) is 0. The van der Waals surface area contributed by atoms with Crippen molar-refractivity contribution in [3.05, 3.63) is 0 Å². The number of halogens is 1. The van der Waals surface area contributed by atoms with Gasteiger partial charge in [0.15, 0.2) is 0 Å². The molecule has 0 aliphatic rings. The quantitative estimate of drug-likeness (QED) is 0.544. The van der Waals surface area contributed by atoms with E-state index >= 15 is 0 Å². The van der Waals surface area contributed by atoms with Crippen molar-refractivity contribution in [2.24, 2.45) is 0 Å². The normalized spacial score (nSPS) is 10.6. The number of rotatable bonds is 1. The van der Waals surface area contributed by atoms with E-state index < -0.39 is 11.7 Å². The van der Waals surface area contributed by atoms with Gasteiger partial charge in [-0.25, -0.2) is 4.79 Å². The second kappa shape index (κ2) is 5.09. The lowest BCUT2D eigenvalue weighted by Crippen LogP contribution is -2.43. The van der Waals surface area contributed by atoms with Gasteiger partial charge >= 0.3 is 6.09 Å². The van der Waals surface area contributed by atoms with Gasteiger partial charge in [0.2, 0.25) is 5.11 Å². The van der Waals surface area contributed by atoms with Crippen LogP contribution in [0.4, 0.5) is 9.28 Å². The van der Waals surface area contributed by atoms with Crippen LogP contribution in [0.2, 0.25) is 0 Å². The predicted octanol–water partition coefficient (Wildman–Crippen LogP) is 2.00. The Morgan fingerprint density at radius 2 is 2.07 bits per heavy atom. The number of carbonyl (C=O) groups excluding carboxylic acids is 1. The van der Waals surface area contributed by atoms with Gasteiger partial charge in [0, 0.05) is 6.54 Å². The number of nitrogens with one attached hydrogen (secondary N) is 1. The molecule has 0 bridgehead atoms. The van der Waals surface area contributed by atoms with E-state index in [-0.39, 0.29) is 11.7 Å². The Bertz CT molecular complexity index is 228. The zero-order valence-corrected chi connectivity index (χ0v) is 9.57. The maximum absolute atomic E-state index is 12.0. The molecule has 0 aromatic rings. The average Bonchev–Trinajstić information content (AvgIpc) is 2.01. The molecule has 0 aliphatic carbocycles. The highest BCUT2D eigenvalue weighted by Gasteiger charge is 2.23. The maximum atomic E-state index is 12.0. The highest BCUT2D eigenvalue weighted by Crippen LogP contribution is 2.09. The molecule has 0 atom stereocenters. The van der Waals surface area contributed by atoms with Gasteiger partial charge in [0.25, 0.3) is 0 Å². The Kier molecular flexibility index (Phi) is 4.76. The lowest BCUT2D eigenvalue weighted by molar-refractivity contribution is 0.0369. The lowest BCUT2D eigenvalue weighted by atomic mass is 10.2. The van der Waals surface area contributed by atoms with E-state index in [2.05, 4.69) is 12.2 Å². The molecule has 0 heterocycles. The third kappa shape index (κ3) is 4.36. The fourth-order valence-electron chi connectivity index (χ4n) is 0.724. The smallest absolute Gasteiger partial charge is 0.416 e. The molecule has 6 heteroatoms. The van der Waals surface area contributed by atoms with Crippen LogP contribution in [0, 0.1) is 0 Å². The Balaban J connectivity index is 4.40. The standard InChI is InChI=1S/C8H15FN2O2S/c1-5-11(6(14)10-9)7(12)13-8(2,3)4/h5H2,1-4H3,(H,10,14). The summed E-state index contributed by atoms with van der Waals surface area (Å²) in [6, 6.07) is 0. The molecule has 0 aliphatic heterocycles. The molecule has 1 N–H and O–H groups in total. The maximum Gasteiger partial charge on any atom is 0.416 e. The van der Waals surface area contributed by atoms with E-state index in [1.165, 1.54) is 5.54 Å². The van der Waals surface area contributed by atoms with Crippen LogP contribution in [0.15, 0.2) is 0 Å². The monoisotopic (exact) mass is 222 g/mol. The lowest BCUT2D eigenvalue weighted by Gasteiger charge is -2.25. The Labute approximate surface area is 88.3 Å². The summed E-state index contributed by atoms with van der Waals surface area (Å²) in [5, 5.41) is -0.290. The van der Waals surface area contributed by atoms with Crippen LogP contribution in [-0.2, 0) is 4.74 Å². The van der Waals surface area contributed by atoms with Crippen molar-refractivity contribution in [2.75, 3.05) is 6.54 Å². The van der Waals surface area contributed by atoms with Gasteiger partial charge in [-0.15, -0.1) is 4.48 Å². The molecule has 0 fully saturated rings. The summed E-state index contributed by atoms with van der Waals surface area (Å²) in [4.78, 5) is 12.4. The number of carbonyl (C=O) groups is 1. The topological polar surface area (TPSA) is 41.6 Å². The highest BCUT2D eigenvalue weighted by atomic mass is 32.1. The molecular formula is C8H15FN2O2S. The summed E-state index contributed by atoms with van der Waals surface area (Å²) in [6.45, 7) is 7.11. The SMILES string of the molecule is CCN(C(=O)OC(C)(C)C)C(=S)NF. The summed E-state index contributed by atoms with van der Waals surface area (Å²) in [6.07, 6.45) is -0.657. The first kappa shape index (κ1) is 13.1. The van der Waals surface area contributed by atoms with E-state index in [1.54, 1.807) is 27.7 Å². The fourth-order valence-corrected chi connectivity index (χ4v) is 0.927. The third-order valence-corrected chi connectivity index (χ3v) is 1.55. The average molecular weight is 222 g/mol. The minimum absolute atomic E-state index is 0.255. The number of ether oxygens (including phenoxy) is 1. The summed E-state index contributed by atoms with van der Waals surface area (Å²) in [5.74, 6) is 0. The molecule has 0 aromatic heterocycles. The second-order valence-corrected chi connectivity index (χ2v) is 4.01. The molecule has 4 nitrogen and oxygen atoms in total. The number of nitrogens with zero attached hydrogens (tertiary/aromatic N) is 1. The van der Waals surface area contributed by atoms with Crippen molar-refractivity contribution < 1.29 is 14.0 Å². The van der Waals surface area contributed by atoms with Gasteiger partial charge < -0.3 is 4.74 Å². The van der Waals surface area contributed by atoms with Crippen molar-refractivity contribution in [1.29, 1.82) is 0 Å². The van der Waals surface area contributed by atoms with Crippen molar-refractivity contribution >= 4 is 23.4 Å². The molecule has 0 radical (unpaired) electrons. The first-order valence-electron chi connectivity index (χ1n) is 4.23. The Hall–Kier alpha value is -0.910. The van der Waals surface area contributed by atoms with Gasteiger partial charge in [0.05, 0.1) is 0 Å². The van der Waals surface area contributed by atoms with E-state index in [4.69, 9.17) is 4.74 Å². The number of hydrogen-bond acceptors (Lipinski definition) is 3. The minimum Gasteiger partial charge on any atom is -0.443 e. The summed E-state index contributed by atoms with van der Waals surface area (Å²) in [5.41, 5.74) is 0.625. The van der Waals surface area contributed by atoms with Crippen LogP contribution in [0.5, 0.6) is 0 Å². The van der Waals surface area contributed by atoms with Crippen LogP contribution in [0.25, 0.3) is 0 Å².